The molecule has 1 heterocycles. The van der Waals surface area contributed by atoms with Gasteiger partial charge in [0, 0.05) is 6.20 Å². The fourth-order valence-corrected chi connectivity index (χ4v) is 2.44. The molecule has 0 aliphatic carbocycles. The number of oxime groups is 1. The van der Waals surface area contributed by atoms with Gasteiger partial charge in [-0.3, -0.25) is 4.79 Å². The zero-order valence-corrected chi connectivity index (χ0v) is 12.5. The number of nitrogens with zero attached hydrogens (tertiary/aromatic N) is 3. The molecule has 4 N–H and O–H groups in total. The summed E-state index contributed by atoms with van der Waals surface area (Å²) in [6, 6.07) is 3.53. The summed E-state index contributed by atoms with van der Waals surface area (Å²) >= 11 is 0. The molecule has 0 bridgehead atoms. The lowest BCUT2D eigenvalue weighted by Gasteiger charge is -2.30. The van der Waals surface area contributed by atoms with Crippen molar-refractivity contribution in [1.82, 2.24) is 15.5 Å². The molecule has 0 saturated heterocycles. The van der Waals surface area contributed by atoms with E-state index in [1.165, 1.54) is 0 Å². The molecule has 0 aliphatic heterocycles. The van der Waals surface area contributed by atoms with Crippen molar-refractivity contribution in [3.63, 3.8) is 0 Å². The van der Waals surface area contributed by atoms with Crippen molar-refractivity contribution in [2.24, 2.45) is 16.3 Å². The summed E-state index contributed by atoms with van der Waals surface area (Å²) in [6.07, 6.45) is 4.15. The average Bonchev–Trinajstić information content (AvgIpc) is 2.52. The Morgan fingerprint density at radius 2 is 2.10 bits per heavy atom. The molecule has 0 saturated carbocycles. The van der Waals surface area contributed by atoms with Crippen LogP contribution in [0.3, 0.4) is 0 Å². The maximum atomic E-state index is 12.6. The zero-order valence-electron chi connectivity index (χ0n) is 12.5. The van der Waals surface area contributed by atoms with Gasteiger partial charge in [0.1, 0.15) is 5.41 Å². The van der Waals surface area contributed by atoms with E-state index in [1.54, 1.807) is 18.3 Å². The second-order valence-corrected chi connectivity index (χ2v) is 4.97. The Kier molecular flexibility index (Phi) is 6.58. The summed E-state index contributed by atoms with van der Waals surface area (Å²) in [5.41, 5.74) is 5.49. The fourth-order valence-electron chi connectivity index (χ4n) is 2.44. The summed E-state index contributed by atoms with van der Waals surface area (Å²) in [6.45, 7) is 4.19. The smallest absolute Gasteiger partial charge is 0.234 e. The van der Waals surface area contributed by atoms with Gasteiger partial charge < -0.3 is 16.3 Å². The monoisotopic (exact) mass is 293 g/mol. The molecule has 1 aromatic rings. The van der Waals surface area contributed by atoms with Gasteiger partial charge in [-0.25, -0.2) is 0 Å². The van der Waals surface area contributed by atoms with Gasteiger partial charge in [-0.15, -0.1) is 0 Å². The molecule has 0 aliphatic rings. The molecular formula is C14H23N5O2. The summed E-state index contributed by atoms with van der Waals surface area (Å²) in [5, 5.41) is 22.6. The Morgan fingerprint density at radius 1 is 1.43 bits per heavy atom. The molecule has 1 amide bonds. The number of hydrogen-bond donors (Lipinski definition) is 3. The number of amides is 1. The molecule has 0 atom stereocenters. The minimum absolute atomic E-state index is 0.0390. The number of nitrogens with one attached hydrogen (secondary N) is 1. The first kappa shape index (κ1) is 16.9. The van der Waals surface area contributed by atoms with E-state index in [2.05, 4.69) is 20.7 Å². The predicted molar refractivity (Wildman–Crippen MR) is 79.5 cm³/mol. The lowest BCUT2D eigenvalue weighted by molar-refractivity contribution is -0.128. The molecule has 0 aromatic carbocycles. The average molecular weight is 293 g/mol. The fraction of sp³-hybridized carbons (Fsp3) is 0.571. The number of rotatable bonds is 8. The Hall–Kier alpha value is -2.18. The van der Waals surface area contributed by atoms with E-state index >= 15 is 0 Å². The first-order valence-corrected chi connectivity index (χ1v) is 7.13. The van der Waals surface area contributed by atoms with Crippen LogP contribution in [0.4, 0.5) is 0 Å². The predicted octanol–water partition coefficient (Wildman–Crippen LogP) is 1.43. The molecule has 21 heavy (non-hydrogen) atoms. The molecule has 0 spiro atoms. The lowest BCUT2D eigenvalue weighted by atomic mass is 9.77. The number of nitrogens with two attached hydrogens (primary N) is 1. The summed E-state index contributed by atoms with van der Waals surface area (Å²) in [7, 11) is 0. The molecular weight excluding hydrogens is 270 g/mol. The van der Waals surface area contributed by atoms with Crippen LogP contribution < -0.4 is 11.1 Å². The lowest BCUT2D eigenvalue weighted by Crippen LogP contribution is -2.49. The molecule has 0 radical (unpaired) electrons. The third kappa shape index (κ3) is 4.14. The quantitative estimate of drug-likeness (QED) is 0.290. The summed E-state index contributed by atoms with van der Waals surface area (Å²) in [4.78, 5) is 12.6. The number of hydrogen-bond acceptors (Lipinski definition) is 5. The highest BCUT2D eigenvalue weighted by molar-refractivity contribution is 6.06. The molecule has 0 fully saturated rings. The van der Waals surface area contributed by atoms with Gasteiger partial charge in [0.05, 0.1) is 12.2 Å². The van der Waals surface area contributed by atoms with Crippen LogP contribution in [-0.2, 0) is 11.3 Å². The largest absolute Gasteiger partial charge is 0.409 e. The van der Waals surface area contributed by atoms with Crippen molar-refractivity contribution < 1.29 is 10.0 Å². The maximum Gasteiger partial charge on any atom is 0.234 e. The van der Waals surface area contributed by atoms with Crippen molar-refractivity contribution in [2.45, 2.75) is 46.1 Å². The third-order valence-electron chi connectivity index (χ3n) is 3.44. The van der Waals surface area contributed by atoms with Crippen LogP contribution in [0.25, 0.3) is 0 Å². The normalized spacial score (nSPS) is 12.2. The second kappa shape index (κ2) is 8.18. The molecule has 116 valence electrons. The van der Waals surface area contributed by atoms with Crippen LogP contribution in [0.1, 0.15) is 45.2 Å². The van der Waals surface area contributed by atoms with E-state index in [9.17, 15) is 4.79 Å². The maximum absolute atomic E-state index is 12.6. The van der Waals surface area contributed by atoms with E-state index in [0.717, 1.165) is 12.8 Å². The Morgan fingerprint density at radius 3 is 2.57 bits per heavy atom. The Balaban J connectivity index is 2.88. The van der Waals surface area contributed by atoms with Crippen molar-refractivity contribution in [3.8, 4) is 0 Å². The van der Waals surface area contributed by atoms with E-state index in [4.69, 9.17) is 10.9 Å². The first-order chi connectivity index (χ1) is 10.1. The van der Waals surface area contributed by atoms with E-state index in [-0.39, 0.29) is 18.3 Å². The number of carbonyl (C=O) groups excluding carboxylic acids is 1. The first-order valence-electron chi connectivity index (χ1n) is 7.13. The van der Waals surface area contributed by atoms with Crippen molar-refractivity contribution >= 4 is 11.7 Å². The van der Waals surface area contributed by atoms with Crippen LogP contribution in [0.2, 0.25) is 0 Å². The van der Waals surface area contributed by atoms with Crippen LogP contribution in [0.5, 0.6) is 0 Å². The molecule has 7 heteroatoms. The zero-order chi connectivity index (χ0) is 15.7. The molecule has 1 rings (SSSR count). The van der Waals surface area contributed by atoms with Gasteiger partial charge in [-0.05, 0) is 25.0 Å². The van der Waals surface area contributed by atoms with Crippen LogP contribution in [0.15, 0.2) is 23.5 Å². The molecule has 0 unspecified atom stereocenters. The van der Waals surface area contributed by atoms with Crippen LogP contribution in [-0.4, -0.2) is 27.1 Å². The highest BCUT2D eigenvalue weighted by atomic mass is 16.4. The standard InChI is InChI=1S/C14H23N5O2/c1-3-7-14(8-4-2,12(15)19-21)13(20)16-10-11-6-5-9-17-18-11/h5-6,9,21H,3-4,7-8,10H2,1-2H3,(H2,15,19)(H,16,20). The number of carbonyl (C=O) groups is 1. The highest BCUT2D eigenvalue weighted by Crippen LogP contribution is 2.30. The highest BCUT2D eigenvalue weighted by Gasteiger charge is 2.41. The third-order valence-corrected chi connectivity index (χ3v) is 3.44. The molecule has 7 nitrogen and oxygen atoms in total. The number of amidine groups is 1. The summed E-state index contributed by atoms with van der Waals surface area (Å²) in [5.74, 6) is -0.282. The van der Waals surface area contributed by atoms with Crippen molar-refractivity contribution in [2.75, 3.05) is 0 Å². The number of aromatic nitrogens is 2. The van der Waals surface area contributed by atoms with Gasteiger partial charge in [0.15, 0.2) is 5.84 Å². The van der Waals surface area contributed by atoms with Crippen LogP contribution in [0, 0.1) is 5.41 Å². The summed E-state index contributed by atoms with van der Waals surface area (Å²) < 4.78 is 0. The SMILES string of the molecule is CCCC(CCC)(C(=O)NCc1cccnn1)/C(N)=N/O. The van der Waals surface area contributed by atoms with Gasteiger partial charge in [-0.1, -0.05) is 31.8 Å². The topological polar surface area (TPSA) is 113 Å². The van der Waals surface area contributed by atoms with Crippen molar-refractivity contribution in [3.05, 3.63) is 24.0 Å². The van der Waals surface area contributed by atoms with E-state index < -0.39 is 5.41 Å². The van der Waals surface area contributed by atoms with Gasteiger partial charge in [0.2, 0.25) is 5.91 Å². The van der Waals surface area contributed by atoms with Gasteiger partial charge in [-0.2, -0.15) is 10.2 Å². The van der Waals surface area contributed by atoms with Crippen LogP contribution >= 0.6 is 0 Å². The van der Waals surface area contributed by atoms with E-state index in [1.807, 2.05) is 13.8 Å². The Bertz CT molecular complexity index is 470. The van der Waals surface area contributed by atoms with Gasteiger partial charge in [0.25, 0.3) is 0 Å². The van der Waals surface area contributed by atoms with Gasteiger partial charge >= 0.3 is 0 Å². The molecule has 1 aromatic heterocycles. The minimum atomic E-state index is -0.972. The minimum Gasteiger partial charge on any atom is -0.409 e. The van der Waals surface area contributed by atoms with Crippen molar-refractivity contribution in [1.29, 1.82) is 0 Å². The van der Waals surface area contributed by atoms with E-state index in [0.29, 0.717) is 18.5 Å². The Labute approximate surface area is 124 Å². The second-order valence-electron chi connectivity index (χ2n) is 4.97.